The van der Waals surface area contributed by atoms with E-state index in [-0.39, 0.29) is 57.8 Å². The molecule has 7 heteroatoms. The van der Waals surface area contributed by atoms with Crippen LogP contribution < -0.4 is 56.5 Å². The second-order valence-corrected chi connectivity index (χ2v) is 6.44. The number of carboxylic acids is 1. The van der Waals surface area contributed by atoms with E-state index in [0.717, 1.165) is 30.3 Å². The molecule has 0 rings (SSSR count). The van der Waals surface area contributed by atoms with Gasteiger partial charge in [-0.05, 0) is 19.5 Å². The van der Waals surface area contributed by atoms with Gasteiger partial charge in [-0.15, -0.1) is 0 Å². The molecule has 3 nitrogen and oxygen atoms in total. The fraction of sp³-hybridized carbons (Fsp3) is 0.800. The summed E-state index contributed by atoms with van der Waals surface area (Å²) in [5.41, 5.74) is 0. The van der Waals surface area contributed by atoms with Crippen LogP contribution in [0.15, 0.2) is 0 Å². The number of carbonyl (C=O) groups excluding carboxylic acids is 1. The maximum Gasteiger partial charge on any atom is 1.00 e. The number of carboxylic acid groups (broad SMARTS) is 1. The molecule has 0 amide bonds. The van der Waals surface area contributed by atoms with Gasteiger partial charge < -0.3 is 14.8 Å². The van der Waals surface area contributed by atoms with Crippen molar-refractivity contribution in [3.63, 3.8) is 0 Å². The van der Waals surface area contributed by atoms with Crippen molar-refractivity contribution in [2.45, 2.75) is 26.7 Å². The third-order valence-corrected chi connectivity index (χ3v) is 5.17. The first-order chi connectivity index (χ1) is 7.60. The fourth-order valence-electron chi connectivity index (χ4n) is 1.06. The standard InChI is InChI=1S/C10H19NO2S3.K/c1-3-11(4-2)7-5-10(14)16-15-8-6-9(12)13;/h3-8H2,1-2H3,(H,12,13);/q;+1/p-1. The van der Waals surface area contributed by atoms with Gasteiger partial charge >= 0.3 is 51.4 Å². The van der Waals surface area contributed by atoms with Gasteiger partial charge in [0.2, 0.25) is 0 Å². The molecule has 0 bridgehead atoms. The van der Waals surface area contributed by atoms with Crippen LogP contribution in [-0.4, -0.2) is 40.5 Å². The average molecular weight is 320 g/mol. The summed E-state index contributed by atoms with van der Waals surface area (Å²) < 4.78 is 0.940. The number of nitrogens with zero attached hydrogens (tertiary/aromatic N) is 1. The van der Waals surface area contributed by atoms with E-state index in [1.54, 1.807) is 0 Å². The van der Waals surface area contributed by atoms with Crippen LogP contribution >= 0.6 is 33.8 Å². The maximum absolute atomic E-state index is 10.2. The molecular formula is C10H18KNO2S3. The first-order valence-corrected chi connectivity index (χ1v) is 8.07. The first kappa shape index (κ1) is 21.2. The Morgan fingerprint density at radius 3 is 2.35 bits per heavy atom. The normalized spacial score (nSPS) is 10.1. The summed E-state index contributed by atoms with van der Waals surface area (Å²) in [6, 6.07) is 0. The molecule has 0 aliphatic heterocycles. The third kappa shape index (κ3) is 14.1. The maximum atomic E-state index is 10.2. The summed E-state index contributed by atoms with van der Waals surface area (Å²) in [5, 5.41) is 10.2. The largest absolute Gasteiger partial charge is 1.00 e. The van der Waals surface area contributed by atoms with Gasteiger partial charge in [-0.1, -0.05) is 47.7 Å². The SMILES string of the molecule is CCN(CC)CCC(=S)SSCCC(=O)[O-].[K+]. The number of aliphatic carboxylic acids is 1. The molecule has 0 aromatic rings. The monoisotopic (exact) mass is 319 g/mol. The van der Waals surface area contributed by atoms with Crippen molar-refractivity contribution in [3.05, 3.63) is 0 Å². The second-order valence-electron chi connectivity index (χ2n) is 3.18. The molecule has 0 heterocycles. The Bertz CT molecular complexity index is 226. The van der Waals surface area contributed by atoms with Crippen molar-refractivity contribution in [2.24, 2.45) is 0 Å². The summed E-state index contributed by atoms with van der Waals surface area (Å²) in [4.78, 5) is 12.5. The molecule has 0 unspecified atom stereocenters. The molecule has 94 valence electrons. The van der Waals surface area contributed by atoms with E-state index < -0.39 is 5.97 Å². The molecule has 0 saturated heterocycles. The van der Waals surface area contributed by atoms with Crippen molar-refractivity contribution < 1.29 is 61.3 Å². The molecule has 0 saturated carbocycles. The minimum atomic E-state index is -0.998. The number of carbonyl (C=O) groups is 1. The van der Waals surface area contributed by atoms with Crippen molar-refractivity contribution in [3.8, 4) is 0 Å². The molecule has 0 aliphatic rings. The van der Waals surface area contributed by atoms with Crippen LogP contribution in [0.4, 0.5) is 0 Å². The Hall–Kier alpha value is 1.86. The molecule has 0 N–H and O–H groups in total. The van der Waals surface area contributed by atoms with E-state index in [2.05, 4.69) is 18.7 Å². The quantitative estimate of drug-likeness (QED) is 0.225. The Morgan fingerprint density at radius 1 is 1.29 bits per heavy atom. The average Bonchev–Trinajstić information content (AvgIpc) is 2.25. The number of rotatable bonds is 9. The van der Waals surface area contributed by atoms with Crippen molar-refractivity contribution >= 4 is 44.0 Å². The summed E-state index contributed by atoms with van der Waals surface area (Å²) in [5.74, 6) is -0.444. The minimum absolute atomic E-state index is 0. The van der Waals surface area contributed by atoms with E-state index in [9.17, 15) is 9.90 Å². The van der Waals surface area contributed by atoms with E-state index in [1.807, 2.05) is 0 Å². The van der Waals surface area contributed by atoms with E-state index >= 15 is 0 Å². The zero-order valence-electron chi connectivity index (χ0n) is 10.7. The Morgan fingerprint density at radius 2 is 1.88 bits per heavy atom. The second kappa shape index (κ2) is 14.3. The van der Waals surface area contributed by atoms with E-state index in [0.29, 0.717) is 5.75 Å². The first-order valence-electron chi connectivity index (χ1n) is 5.34. The van der Waals surface area contributed by atoms with Gasteiger partial charge in [0, 0.05) is 24.7 Å². The van der Waals surface area contributed by atoms with Gasteiger partial charge in [-0.25, -0.2) is 0 Å². The summed E-state index contributed by atoms with van der Waals surface area (Å²) in [6.07, 6.45) is 0.982. The molecular weight excluding hydrogens is 301 g/mol. The summed E-state index contributed by atoms with van der Waals surface area (Å²) >= 11 is 5.20. The van der Waals surface area contributed by atoms with Crippen molar-refractivity contribution in [1.82, 2.24) is 4.90 Å². The van der Waals surface area contributed by atoms with Crippen LogP contribution in [0.5, 0.6) is 0 Å². The van der Waals surface area contributed by atoms with Crippen LogP contribution in [-0.2, 0) is 4.79 Å². The molecule has 17 heavy (non-hydrogen) atoms. The predicted octanol–water partition coefficient (Wildman–Crippen LogP) is -1.43. The van der Waals surface area contributed by atoms with Gasteiger partial charge in [-0.2, -0.15) is 0 Å². The van der Waals surface area contributed by atoms with Crippen LogP contribution in [0.3, 0.4) is 0 Å². The van der Waals surface area contributed by atoms with Gasteiger partial charge in [0.15, 0.2) is 0 Å². The van der Waals surface area contributed by atoms with Crippen LogP contribution in [0.25, 0.3) is 0 Å². The summed E-state index contributed by atoms with van der Waals surface area (Å²) in [6.45, 7) is 7.34. The number of hydrogen-bond acceptors (Lipinski definition) is 6. The van der Waals surface area contributed by atoms with Crippen LogP contribution in [0.1, 0.15) is 26.7 Å². The summed E-state index contributed by atoms with van der Waals surface area (Å²) in [7, 11) is 3.00. The van der Waals surface area contributed by atoms with Crippen LogP contribution in [0, 0.1) is 0 Å². The topological polar surface area (TPSA) is 43.4 Å². The van der Waals surface area contributed by atoms with Gasteiger partial charge in [0.05, 0.1) is 4.20 Å². The molecule has 0 atom stereocenters. The molecule has 0 aromatic carbocycles. The third-order valence-electron chi connectivity index (χ3n) is 2.07. The van der Waals surface area contributed by atoms with E-state index in [1.165, 1.54) is 21.6 Å². The van der Waals surface area contributed by atoms with Crippen molar-refractivity contribution in [2.75, 3.05) is 25.4 Å². The zero-order valence-corrected chi connectivity index (χ0v) is 16.3. The predicted molar refractivity (Wildman–Crippen MR) is 74.7 cm³/mol. The fourth-order valence-corrected chi connectivity index (χ4v) is 3.37. The Kier molecular flexibility index (Phi) is 17.8. The van der Waals surface area contributed by atoms with Crippen LogP contribution in [0.2, 0.25) is 0 Å². The van der Waals surface area contributed by atoms with Crippen molar-refractivity contribution in [1.29, 1.82) is 0 Å². The molecule has 0 radical (unpaired) electrons. The Labute approximate surface area is 160 Å². The Balaban J connectivity index is 0. The van der Waals surface area contributed by atoms with Gasteiger partial charge in [-0.3, -0.25) is 0 Å². The van der Waals surface area contributed by atoms with E-state index in [4.69, 9.17) is 12.2 Å². The molecule has 0 aromatic heterocycles. The number of thiocarbonyl (C=S) groups is 1. The number of hydrogen-bond donors (Lipinski definition) is 0. The molecule has 0 spiro atoms. The van der Waals surface area contributed by atoms with Gasteiger partial charge in [0.1, 0.15) is 0 Å². The molecule has 0 aliphatic carbocycles. The van der Waals surface area contributed by atoms with Gasteiger partial charge in [0.25, 0.3) is 0 Å². The zero-order chi connectivity index (χ0) is 12.4. The minimum Gasteiger partial charge on any atom is -0.550 e. The molecule has 0 fully saturated rings. The smallest absolute Gasteiger partial charge is 0.550 e.